The minimum Gasteiger partial charge on any atom is -0.493 e. The molecule has 21 heavy (non-hydrogen) atoms. The highest BCUT2D eigenvalue weighted by atomic mass is 16.5. The molecule has 0 amide bonds. The molecule has 0 radical (unpaired) electrons. The molecule has 0 saturated heterocycles. The molecule has 0 atom stereocenters. The number of nitrogens with one attached hydrogen (secondary N) is 1. The largest absolute Gasteiger partial charge is 0.493 e. The summed E-state index contributed by atoms with van der Waals surface area (Å²) in [7, 11) is 1.72. The Balaban J connectivity index is 1.87. The van der Waals surface area contributed by atoms with Gasteiger partial charge >= 0.3 is 0 Å². The summed E-state index contributed by atoms with van der Waals surface area (Å²) in [4.78, 5) is 0. The van der Waals surface area contributed by atoms with E-state index < -0.39 is 0 Å². The number of hydrogen-bond donors (Lipinski definition) is 1. The van der Waals surface area contributed by atoms with Crippen molar-refractivity contribution in [3.63, 3.8) is 0 Å². The molecule has 1 N–H and O–H groups in total. The van der Waals surface area contributed by atoms with Crippen molar-refractivity contribution in [2.45, 2.75) is 39.2 Å². The Morgan fingerprint density at radius 1 is 1.38 bits per heavy atom. The van der Waals surface area contributed by atoms with Crippen molar-refractivity contribution in [3.8, 4) is 5.75 Å². The van der Waals surface area contributed by atoms with Gasteiger partial charge in [-0.15, -0.1) is 0 Å². The fourth-order valence-corrected chi connectivity index (χ4v) is 2.98. The van der Waals surface area contributed by atoms with E-state index in [1.54, 1.807) is 7.11 Å². The highest BCUT2D eigenvalue weighted by Gasteiger charge is 2.14. The van der Waals surface area contributed by atoms with Crippen LogP contribution in [0.5, 0.6) is 5.75 Å². The zero-order chi connectivity index (χ0) is 14.7. The van der Waals surface area contributed by atoms with Gasteiger partial charge in [0.05, 0.1) is 19.0 Å². The van der Waals surface area contributed by atoms with Crippen LogP contribution in [0.2, 0.25) is 0 Å². The molecule has 4 nitrogen and oxygen atoms in total. The van der Waals surface area contributed by atoms with Crippen molar-refractivity contribution in [1.29, 1.82) is 0 Å². The van der Waals surface area contributed by atoms with Crippen LogP contribution in [0.1, 0.15) is 36.6 Å². The topological polar surface area (TPSA) is 39.1 Å². The number of hydrogen-bond acceptors (Lipinski definition) is 3. The highest BCUT2D eigenvalue weighted by Crippen LogP contribution is 2.26. The highest BCUT2D eigenvalue weighted by molar-refractivity contribution is 5.54. The van der Waals surface area contributed by atoms with Crippen LogP contribution in [-0.4, -0.2) is 23.4 Å². The number of benzene rings is 1. The first kappa shape index (κ1) is 14.0. The number of fused-ring (bicyclic) bond motifs is 1. The van der Waals surface area contributed by atoms with E-state index >= 15 is 0 Å². The number of methoxy groups -OCH3 is 1. The molecule has 1 aliphatic heterocycles. The van der Waals surface area contributed by atoms with Crippen LogP contribution < -0.4 is 10.1 Å². The molecular formula is C17H23N3O. The minimum atomic E-state index is 0.871. The van der Waals surface area contributed by atoms with Crippen LogP contribution >= 0.6 is 0 Å². The molecule has 2 heterocycles. The smallest absolute Gasteiger partial charge is 0.160 e. The third-order valence-corrected chi connectivity index (χ3v) is 4.05. The number of nitrogens with zero attached hydrogens (tertiary/aromatic N) is 2. The van der Waals surface area contributed by atoms with E-state index in [0.717, 1.165) is 31.7 Å². The van der Waals surface area contributed by atoms with Gasteiger partial charge in [-0.3, -0.25) is 4.68 Å². The number of anilines is 1. The predicted molar refractivity (Wildman–Crippen MR) is 85.1 cm³/mol. The molecule has 4 heteroatoms. The van der Waals surface area contributed by atoms with Gasteiger partial charge in [0.2, 0.25) is 0 Å². The fraction of sp³-hybridized carbons (Fsp3) is 0.471. The van der Waals surface area contributed by atoms with Gasteiger partial charge in [-0.2, -0.15) is 5.10 Å². The lowest BCUT2D eigenvalue weighted by Gasteiger charge is -2.19. The van der Waals surface area contributed by atoms with Gasteiger partial charge in [0.25, 0.3) is 0 Å². The molecule has 0 fully saturated rings. The molecule has 0 saturated carbocycles. The van der Waals surface area contributed by atoms with Crippen LogP contribution in [0, 0.1) is 0 Å². The summed E-state index contributed by atoms with van der Waals surface area (Å²) in [6.07, 6.45) is 6.16. The van der Waals surface area contributed by atoms with E-state index in [0.29, 0.717) is 0 Å². The molecule has 0 spiro atoms. The molecule has 2 aromatic rings. The van der Waals surface area contributed by atoms with Gasteiger partial charge in [-0.25, -0.2) is 0 Å². The average Bonchev–Trinajstić information content (AvgIpc) is 2.90. The average molecular weight is 285 g/mol. The zero-order valence-corrected chi connectivity index (χ0v) is 12.9. The summed E-state index contributed by atoms with van der Waals surface area (Å²) in [6.45, 7) is 4.19. The first-order chi connectivity index (χ1) is 10.3. The number of ether oxygens (including phenoxy) is 1. The summed E-state index contributed by atoms with van der Waals surface area (Å²) < 4.78 is 7.53. The second-order valence-electron chi connectivity index (χ2n) is 5.58. The zero-order valence-electron chi connectivity index (χ0n) is 12.9. The van der Waals surface area contributed by atoms with Crippen molar-refractivity contribution in [2.24, 2.45) is 0 Å². The lowest BCUT2D eigenvalue weighted by Crippen LogP contribution is -2.12. The summed E-state index contributed by atoms with van der Waals surface area (Å²) in [6, 6.07) is 6.74. The predicted octanol–water partition coefficient (Wildman–Crippen LogP) is 3.25. The quantitative estimate of drug-likeness (QED) is 0.916. The minimum absolute atomic E-state index is 0.871. The van der Waals surface area contributed by atoms with Crippen molar-refractivity contribution in [2.75, 3.05) is 19.0 Å². The van der Waals surface area contributed by atoms with Crippen LogP contribution in [-0.2, 0) is 19.4 Å². The molecule has 3 rings (SSSR count). The van der Waals surface area contributed by atoms with E-state index in [2.05, 4.69) is 40.2 Å². The van der Waals surface area contributed by atoms with Gasteiger partial charge in [0, 0.05) is 25.2 Å². The maximum absolute atomic E-state index is 5.46. The van der Waals surface area contributed by atoms with Gasteiger partial charge in [-0.05, 0) is 36.5 Å². The summed E-state index contributed by atoms with van der Waals surface area (Å²) in [5, 5.41) is 7.90. The maximum Gasteiger partial charge on any atom is 0.160 e. The van der Waals surface area contributed by atoms with Gasteiger partial charge < -0.3 is 10.1 Å². The molecule has 1 aromatic heterocycles. The number of rotatable bonds is 5. The molecule has 0 bridgehead atoms. The third kappa shape index (κ3) is 2.89. The normalized spacial score (nSPS) is 13.6. The third-order valence-electron chi connectivity index (χ3n) is 4.05. The Morgan fingerprint density at radius 2 is 2.29 bits per heavy atom. The summed E-state index contributed by atoms with van der Waals surface area (Å²) in [5.74, 6) is 0.888. The Kier molecular flexibility index (Phi) is 4.13. The molecule has 0 aliphatic carbocycles. The SMILES string of the molecule is CCCn1ncc(OC)c1Cc1ccc2c(c1)CCCN2. The maximum atomic E-state index is 5.46. The lowest BCUT2D eigenvalue weighted by molar-refractivity contribution is 0.408. The monoisotopic (exact) mass is 285 g/mol. The Morgan fingerprint density at radius 3 is 3.10 bits per heavy atom. The molecule has 1 aromatic carbocycles. The van der Waals surface area contributed by atoms with E-state index in [-0.39, 0.29) is 0 Å². The van der Waals surface area contributed by atoms with Crippen LogP contribution in [0.4, 0.5) is 5.69 Å². The van der Waals surface area contributed by atoms with E-state index in [1.807, 2.05) is 6.20 Å². The van der Waals surface area contributed by atoms with Gasteiger partial charge in [0.15, 0.2) is 5.75 Å². The van der Waals surface area contributed by atoms with E-state index in [4.69, 9.17) is 4.74 Å². The van der Waals surface area contributed by atoms with Gasteiger partial charge in [0.1, 0.15) is 0 Å². The first-order valence-electron chi connectivity index (χ1n) is 7.76. The van der Waals surface area contributed by atoms with Crippen molar-refractivity contribution in [3.05, 3.63) is 41.2 Å². The Bertz CT molecular complexity index is 618. The van der Waals surface area contributed by atoms with E-state index in [1.165, 1.54) is 35.3 Å². The Labute approximate surface area is 126 Å². The molecule has 112 valence electrons. The van der Waals surface area contributed by atoms with Crippen molar-refractivity contribution < 1.29 is 4.74 Å². The fourth-order valence-electron chi connectivity index (χ4n) is 2.98. The molecule has 0 unspecified atom stereocenters. The second-order valence-corrected chi connectivity index (χ2v) is 5.58. The van der Waals surface area contributed by atoms with Crippen molar-refractivity contribution >= 4 is 5.69 Å². The number of aromatic nitrogens is 2. The second kappa shape index (κ2) is 6.20. The number of aryl methyl sites for hydroxylation is 2. The lowest BCUT2D eigenvalue weighted by atomic mass is 9.99. The molecule has 1 aliphatic rings. The van der Waals surface area contributed by atoms with Gasteiger partial charge in [-0.1, -0.05) is 19.1 Å². The van der Waals surface area contributed by atoms with Crippen LogP contribution in [0.3, 0.4) is 0 Å². The standard InChI is InChI=1S/C17H23N3O/c1-3-9-20-16(17(21-2)12-19-20)11-13-6-7-15-14(10-13)5-4-8-18-15/h6-7,10,12,18H,3-5,8-9,11H2,1-2H3. The van der Waals surface area contributed by atoms with Crippen LogP contribution in [0.25, 0.3) is 0 Å². The first-order valence-corrected chi connectivity index (χ1v) is 7.76. The van der Waals surface area contributed by atoms with Crippen LogP contribution in [0.15, 0.2) is 24.4 Å². The molecular weight excluding hydrogens is 262 g/mol. The summed E-state index contributed by atoms with van der Waals surface area (Å²) in [5.41, 5.74) is 5.22. The summed E-state index contributed by atoms with van der Waals surface area (Å²) >= 11 is 0. The van der Waals surface area contributed by atoms with Crippen molar-refractivity contribution in [1.82, 2.24) is 9.78 Å². The Hall–Kier alpha value is -1.97. The van der Waals surface area contributed by atoms with E-state index in [9.17, 15) is 0 Å².